The Morgan fingerprint density at radius 2 is 2.17 bits per heavy atom. The quantitative estimate of drug-likeness (QED) is 0.608. The molecule has 1 aromatic carbocycles. The van der Waals surface area contributed by atoms with Crippen molar-refractivity contribution in [3.05, 3.63) is 57.1 Å². The molecule has 0 saturated carbocycles. The number of benzene rings is 1. The van der Waals surface area contributed by atoms with Crippen LogP contribution in [-0.2, 0) is 6.42 Å². The van der Waals surface area contributed by atoms with Crippen molar-refractivity contribution in [3.63, 3.8) is 0 Å². The van der Waals surface area contributed by atoms with Crippen molar-refractivity contribution in [1.29, 1.82) is 0 Å². The molecule has 0 spiro atoms. The molecule has 3 aromatic rings. The van der Waals surface area contributed by atoms with Crippen molar-refractivity contribution in [2.24, 2.45) is 0 Å². The lowest BCUT2D eigenvalue weighted by Gasteiger charge is -2.21. The molecular weight excluding hydrogens is 388 g/mol. The van der Waals surface area contributed by atoms with E-state index in [1.54, 1.807) is 0 Å². The van der Waals surface area contributed by atoms with Crippen LogP contribution in [0, 0.1) is 20.8 Å². The van der Waals surface area contributed by atoms with Gasteiger partial charge in [-0.05, 0) is 51.3 Å². The van der Waals surface area contributed by atoms with Crippen LogP contribution in [0.1, 0.15) is 56.5 Å². The van der Waals surface area contributed by atoms with E-state index in [4.69, 9.17) is 9.26 Å². The van der Waals surface area contributed by atoms with Gasteiger partial charge in [0.25, 0.3) is 5.91 Å². The summed E-state index contributed by atoms with van der Waals surface area (Å²) in [6, 6.07) is 7.74. The van der Waals surface area contributed by atoms with Crippen LogP contribution in [0.2, 0.25) is 0 Å². The zero-order valence-corrected chi connectivity index (χ0v) is 17.7. The van der Waals surface area contributed by atoms with E-state index in [1.807, 2.05) is 49.9 Å². The Balaban J connectivity index is 1.40. The van der Waals surface area contributed by atoms with Crippen LogP contribution < -0.4 is 4.74 Å². The van der Waals surface area contributed by atoms with Crippen LogP contribution >= 0.6 is 11.3 Å². The minimum absolute atomic E-state index is 0.00173. The molecule has 7 nitrogen and oxygen atoms in total. The molecule has 29 heavy (non-hydrogen) atoms. The highest BCUT2D eigenvalue weighted by Crippen LogP contribution is 2.33. The Kier molecular flexibility index (Phi) is 5.62. The highest BCUT2D eigenvalue weighted by atomic mass is 32.1. The molecule has 1 aliphatic heterocycles. The van der Waals surface area contributed by atoms with Gasteiger partial charge in [0.15, 0.2) is 5.82 Å². The SMILES string of the molecule is Cc1cccc(OCCc2noc(C3CCCN3C(=O)c3sc(C)nc3C)n2)c1. The first-order valence-corrected chi connectivity index (χ1v) is 10.6. The fourth-order valence-corrected chi connectivity index (χ4v) is 4.47. The molecule has 1 aliphatic rings. The predicted molar refractivity (Wildman–Crippen MR) is 109 cm³/mol. The van der Waals surface area contributed by atoms with Gasteiger partial charge in [0.05, 0.1) is 17.3 Å². The summed E-state index contributed by atoms with van der Waals surface area (Å²) in [6.07, 6.45) is 2.29. The number of hydrogen-bond donors (Lipinski definition) is 0. The molecule has 4 rings (SSSR count). The molecule has 2 aromatic heterocycles. The first-order valence-electron chi connectivity index (χ1n) is 9.78. The zero-order chi connectivity index (χ0) is 20.4. The Morgan fingerprint density at radius 1 is 1.31 bits per heavy atom. The highest BCUT2D eigenvalue weighted by molar-refractivity contribution is 7.13. The molecular formula is C21H24N4O3S. The van der Waals surface area contributed by atoms with Crippen LogP contribution in [0.15, 0.2) is 28.8 Å². The maximum Gasteiger partial charge on any atom is 0.266 e. The van der Waals surface area contributed by atoms with Crippen molar-refractivity contribution >= 4 is 17.2 Å². The van der Waals surface area contributed by atoms with Gasteiger partial charge in [-0.2, -0.15) is 4.98 Å². The number of carbonyl (C=O) groups excluding carboxylic acids is 1. The fourth-order valence-electron chi connectivity index (χ4n) is 3.60. The number of ether oxygens (including phenoxy) is 1. The van der Waals surface area contributed by atoms with E-state index >= 15 is 0 Å². The summed E-state index contributed by atoms with van der Waals surface area (Å²) in [5.74, 6) is 1.92. The number of aromatic nitrogens is 3. The van der Waals surface area contributed by atoms with Crippen molar-refractivity contribution in [3.8, 4) is 5.75 Å². The number of nitrogens with zero attached hydrogens (tertiary/aromatic N) is 4. The molecule has 1 atom stereocenters. The molecule has 1 fully saturated rings. The molecule has 0 bridgehead atoms. The van der Waals surface area contributed by atoms with Crippen molar-refractivity contribution in [2.75, 3.05) is 13.2 Å². The molecule has 1 unspecified atom stereocenters. The number of likely N-dealkylation sites (tertiary alicyclic amines) is 1. The molecule has 152 valence electrons. The second-order valence-electron chi connectivity index (χ2n) is 7.27. The first kappa shape index (κ1) is 19.6. The average Bonchev–Trinajstić information content (AvgIpc) is 3.41. The molecule has 3 heterocycles. The summed E-state index contributed by atoms with van der Waals surface area (Å²) in [6.45, 7) is 6.98. The van der Waals surface area contributed by atoms with Crippen LogP contribution in [0.5, 0.6) is 5.75 Å². The summed E-state index contributed by atoms with van der Waals surface area (Å²) in [5.41, 5.74) is 1.93. The van der Waals surface area contributed by atoms with Gasteiger partial charge in [0.2, 0.25) is 5.89 Å². The second-order valence-corrected chi connectivity index (χ2v) is 8.47. The van der Waals surface area contributed by atoms with Crippen LogP contribution in [-0.4, -0.2) is 39.1 Å². The summed E-state index contributed by atoms with van der Waals surface area (Å²) in [7, 11) is 0. The molecule has 1 saturated heterocycles. The second kappa shape index (κ2) is 8.32. The molecule has 1 amide bonds. The molecule has 0 N–H and O–H groups in total. The molecule has 0 aliphatic carbocycles. The Morgan fingerprint density at radius 3 is 2.93 bits per heavy atom. The molecule has 0 radical (unpaired) electrons. The van der Waals surface area contributed by atoms with E-state index in [-0.39, 0.29) is 11.9 Å². The van der Waals surface area contributed by atoms with E-state index in [1.165, 1.54) is 11.3 Å². The average molecular weight is 413 g/mol. The van der Waals surface area contributed by atoms with Crippen molar-refractivity contribution in [1.82, 2.24) is 20.0 Å². The lowest BCUT2D eigenvalue weighted by molar-refractivity contribution is 0.0714. The predicted octanol–water partition coefficient (Wildman–Crippen LogP) is 4.05. The minimum atomic E-state index is -0.178. The van der Waals surface area contributed by atoms with Gasteiger partial charge >= 0.3 is 0 Å². The van der Waals surface area contributed by atoms with Gasteiger partial charge in [-0.25, -0.2) is 4.98 Å². The fraction of sp³-hybridized carbons (Fsp3) is 0.429. The first-order chi connectivity index (χ1) is 14.0. The Bertz CT molecular complexity index is 1010. The van der Waals surface area contributed by atoms with E-state index in [9.17, 15) is 4.79 Å². The Labute approximate surface area is 173 Å². The number of thiazole rings is 1. The summed E-state index contributed by atoms with van der Waals surface area (Å²) < 4.78 is 11.3. The van der Waals surface area contributed by atoms with Crippen LogP contribution in [0.25, 0.3) is 0 Å². The number of rotatable bonds is 6. The number of hydrogen-bond acceptors (Lipinski definition) is 7. The van der Waals surface area contributed by atoms with Crippen LogP contribution in [0.4, 0.5) is 0 Å². The van der Waals surface area contributed by atoms with Crippen molar-refractivity contribution in [2.45, 2.75) is 46.1 Å². The number of amides is 1. The van der Waals surface area contributed by atoms with E-state index in [0.717, 1.165) is 34.9 Å². The number of carbonyl (C=O) groups is 1. The van der Waals surface area contributed by atoms with E-state index in [2.05, 4.69) is 15.1 Å². The monoisotopic (exact) mass is 412 g/mol. The third-order valence-electron chi connectivity index (χ3n) is 4.96. The third-order valence-corrected chi connectivity index (χ3v) is 6.03. The lowest BCUT2D eigenvalue weighted by atomic mass is 10.2. The maximum atomic E-state index is 13.0. The topological polar surface area (TPSA) is 81.4 Å². The van der Waals surface area contributed by atoms with Gasteiger partial charge in [0.1, 0.15) is 16.7 Å². The van der Waals surface area contributed by atoms with E-state index in [0.29, 0.717) is 36.2 Å². The normalized spacial score (nSPS) is 16.4. The largest absolute Gasteiger partial charge is 0.493 e. The van der Waals surface area contributed by atoms with Gasteiger partial charge in [0, 0.05) is 13.0 Å². The van der Waals surface area contributed by atoms with Gasteiger partial charge in [-0.15, -0.1) is 11.3 Å². The van der Waals surface area contributed by atoms with E-state index < -0.39 is 0 Å². The summed E-state index contributed by atoms with van der Waals surface area (Å²) in [5, 5.41) is 4.98. The smallest absolute Gasteiger partial charge is 0.266 e. The summed E-state index contributed by atoms with van der Waals surface area (Å²) >= 11 is 1.44. The van der Waals surface area contributed by atoms with Gasteiger partial charge < -0.3 is 14.2 Å². The standard InChI is InChI=1S/C21H24N4O3S/c1-13-6-4-7-16(12-13)27-11-9-18-23-20(28-24-18)17-8-5-10-25(17)21(26)19-14(2)22-15(3)29-19/h4,6-7,12,17H,5,8-11H2,1-3H3. The van der Waals surface area contributed by atoms with Crippen LogP contribution in [0.3, 0.4) is 0 Å². The maximum absolute atomic E-state index is 13.0. The van der Waals surface area contributed by atoms with Gasteiger partial charge in [-0.1, -0.05) is 17.3 Å². The zero-order valence-electron chi connectivity index (χ0n) is 16.8. The highest BCUT2D eigenvalue weighted by Gasteiger charge is 2.35. The summed E-state index contributed by atoms with van der Waals surface area (Å²) in [4.78, 5) is 24.4. The third kappa shape index (κ3) is 4.32. The lowest BCUT2D eigenvalue weighted by Crippen LogP contribution is -2.30. The van der Waals surface area contributed by atoms with Crippen molar-refractivity contribution < 1.29 is 14.1 Å². The number of aryl methyl sites for hydroxylation is 3. The van der Waals surface area contributed by atoms with Gasteiger partial charge in [-0.3, -0.25) is 4.79 Å². The Hall–Kier alpha value is -2.74. The molecule has 8 heteroatoms. The minimum Gasteiger partial charge on any atom is -0.493 e.